The molecule has 5 nitrogen and oxygen atoms in total. The van der Waals surface area contributed by atoms with E-state index in [9.17, 15) is 4.39 Å². The van der Waals surface area contributed by atoms with E-state index in [2.05, 4.69) is 29.4 Å². The van der Waals surface area contributed by atoms with E-state index >= 15 is 0 Å². The molecule has 2 aromatic rings. The molecular formula is C14H20FN5. The molecule has 6 heteroatoms. The number of hydrogen-bond donors (Lipinski definition) is 2. The molecule has 0 spiro atoms. The van der Waals surface area contributed by atoms with Gasteiger partial charge in [0.15, 0.2) is 0 Å². The van der Waals surface area contributed by atoms with E-state index in [1.807, 2.05) is 16.9 Å². The van der Waals surface area contributed by atoms with E-state index in [0.717, 1.165) is 12.1 Å². The minimum Gasteiger partial charge on any atom is -0.271 e. The molecule has 20 heavy (non-hydrogen) atoms. The quantitative estimate of drug-likeness (QED) is 0.627. The SMILES string of the molecule is CCC(C)n1ccc(CC(NN)c2ccncc2F)n1. The summed E-state index contributed by atoms with van der Waals surface area (Å²) < 4.78 is 15.7. The first-order valence-corrected chi connectivity index (χ1v) is 6.75. The lowest BCUT2D eigenvalue weighted by molar-refractivity contribution is 0.463. The van der Waals surface area contributed by atoms with E-state index in [4.69, 9.17) is 5.84 Å². The number of hydrazine groups is 1. The smallest absolute Gasteiger partial charge is 0.146 e. The maximum atomic E-state index is 13.7. The zero-order valence-corrected chi connectivity index (χ0v) is 11.8. The molecule has 2 atom stereocenters. The molecule has 0 radical (unpaired) electrons. The number of pyridine rings is 1. The number of nitrogens with one attached hydrogen (secondary N) is 1. The molecule has 2 heterocycles. The van der Waals surface area contributed by atoms with Gasteiger partial charge in [-0.25, -0.2) is 4.39 Å². The summed E-state index contributed by atoms with van der Waals surface area (Å²) in [5.74, 6) is 5.18. The number of halogens is 1. The molecule has 0 saturated carbocycles. The van der Waals surface area contributed by atoms with Crippen molar-refractivity contribution < 1.29 is 4.39 Å². The van der Waals surface area contributed by atoms with Gasteiger partial charge in [0.25, 0.3) is 0 Å². The van der Waals surface area contributed by atoms with Crippen molar-refractivity contribution in [2.45, 2.75) is 38.8 Å². The van der Waals surface area contributed by atoms with Crippen molar-refractivity contribution in [2.24, 2.45) is 5.84 Å². The summed E-state index contributed by atoms with van der Waals surface area (Å²) in [5.41, 5.74) is 4.02. The number of hydrogen-bond acceptors (Lipinski definition) is 4. The van der Waals surface area contributed by atoms with Crippen molar-refractivity contribution in [3.8, 4) is 0 Å². The predicted molar refractivity (Wildman–Crippen MR) is 75.2 cm³/mol. The van der Waals surface area contributed by atoms with Crippen LogP contribution in [0.5, 0.6) is 0 Å². The molecule has 108 valence electrons. The first-order chi connectivity index (χ1) is 9.65. The highest BCUT2D eigenvalue weighted by molar-refractivity contribution is 5.19. The van der Waals surface area contributed by atoms with Gasteiger partial charge in [-0.15, -0.1) is 0 Å². The Labute approximate surface area is 118 Å². The van der Waals surface area contributed by atoms with Gasteiger partial charge in [0.1, 0.15) is 5.82 Å². The van der Waals surface area contributed by atoms with E-state index in [1.54, 1.807) is 12.3 Å². The Bertz CT molecular complexity index is 554. The lowest BCUT2D eigenvalue weighted by Crippen LogP contribution is -2.30. The summed E-state index contributed by atoms with van der Waals surface area (Å²) in [5, 5.41) is 4.51. The topological polar surface area (TPSA) is 68.8 Å². The lowest BCUT2D eigenvalue weighted by Gasteiger charge is -2.15. The largest absolute Gasteiger partial charge is 0.271 e. The minimum absolute atomic E-state index is 0.321. The zero-order chi connectivity index (χ0) is 14.5. The molecular weight excluding hydrogens is 257 g/mol. The van der Waals surface area contributed by atoms with E-state index in [1.165, 1.54) is 6.20 Å². The van der Waals surface area contributed by atoms with Gasteiger partial charge in [-0.2, -0.15) is 5.10 Å². The minimum atomic E-state index is -0.364. The second-order valence-electron chi connectivity index (χ2n) is 4.86. The average Bonchev–Trinajstić information content (AvgIpc) is 2.93. The van der Waals surface area contributed by atoms with Crippen LogP contribution >= 0.6 is 0 Å². The van der Waals surface area contributed by atoms with Gasteiger partial charge >= 0.3 is 0 Å². The fourth-order valence-electron chi connectivity index (χ4n) is 2.06. The summed E-state index contributed by atoms with van der Waals surface area (Å²) in [4.78, 5) is 3.74. The molecule has 2 rings (SSSR count). The normalized spacial score (nSPS) is 14.2. The van der Waals surface area contributed by atoms with Gasteiger partial charge in [0.05, 0.1) is 17.9 Å². The molecule has 0 aromatic carbocycles. The molecule has 0 saturated heterocycles. The van der Waals surface area contributed by atoms with Gasteiger partial charge in [0.2, 0.25) is 0 Å². The third-order valence-corrected chi connectivity index (χ3v) is 3.50. The lowest BCUT2D eigenvalue weighted by atomic mass is 10.0. The summed E-state index contributed by atoms with van der Waals surface area (Å²) in [6.07, 6.45) is 6.23. The fraction of sp³-hybridized carbons (Fsp3) is 0.429. The van der Waals surface area contributed by atoms with Crippen LogP contribution in [0.2, 0.25) is 0 Å². The number of nitrogens with two attached hydrogens (primary N) is 1. The van der Waals surface area contributed by atoms with Crippen LogP contribution in [-0.2, 0) is 6.42 Å². The molecule has 0 fully saturated rings. The predicted octanol–water partition coefficient (Wildman–Crippen LogP) is 2.14. The Morgan fingerprint density at radius 1 is 1.45 bits per heavy atom. The molecule has 0 aliphatic carbocycles. The van der Waals surface area contributed by atoms with Crippen LogP contribution in [-0.4, -0.2) is 14.8 Å². The van der Waals surface area contributed by atoms with Crippen molar-refractivity contribution in [3.05, 3.63) is 47.8 Å². The van der Waals surface area contributed by atoms with Crippen molar-refractivity contribution in [3.63, 3.8) is 0 Å². The van der Waals surface area contributed by atoms with Crippen LogP contribution < -0.4 is 11.3 Å². The van der Waals surface area contributed by atoms with Crippen molar-refractivity contribution in [1.82, 2.24) is 20.2 Å². The number of aromatic nitrogens is 3. The van der Waals surface area contributed by atoms with Crippen LogP contribution in [0.4, 0.5) is 4.39 Å². The van der Waals surface area contributed by atoms with Gasteiger partial charge in [0, 0.05) is 30.4 Å². The average molecular weight is 277 g/mol. The van der Waals surface area contributed by atoms with Gasteiger partial charge < -0.3 is 0 Å². The Kier molecular flexibility index (Phi) is 4.81. The van der Waals surface area contributed by atoms with E-state index < -0.39 is 0 Å². The summed E-state index contributed by atoms with van der Waals surface area (Å²) in [7, 11) is 0. The summed E-state index contributed by atoms with van der Waals surface area (Å²) >= 11 is 0. The van der Waals surface area contributed by atoms with Crippen LogP contribution in [0.15, 0.2) is 30.7 Å². The molecule has 0 bridgehead atoms. The standard InChI is InChI=1S/C14H20FN5/c1-3-10(2)20-7-5-11(19-20)8-14(18-16)12-4-6-17-9-13(12)15/h4-7,9-10,14,18H,3,8,16H2,1-2H3. The van der Waals surface area contributed by atoms with Crippen molar-refractivity contribution >= 4 is 0 Å². The van der Waals surface area contributed by atoms with Gasteiger partial charge in [-0.05, 0) is 25.5 Å². The summed E-state index contributed by atoms with van der Waals surface area (Å²) in [6.45, 7) is 4.22. The maximum absolute atomic E-state index is 13.7. The van der Waals surface area contributed by atoms with Crippen LogP contribution in [0.3, 0.4) is 0 Å². The molecule has 3 N–H and O–H groups in total. The van der Waals surface area contributed by atoms with E-state index in [0.29, 0.717) is 18.0 Å². The Hall–Kier alpha value is -1.79. The highest BCUT2D eigenvalue weighted by Gasteiger charge is 2.16. The van der Waals surface area contributed by atoms with Crippen molar-refractivity contribution in [1.29, 1.82) is 0 Å². The van der Waals surface area contributed by atoms with Crippen LogP contribution in [0.1, 0.15) is 43.6 Å². The molecule has 2 aromatic heterocycles. The zero-order valence-electron chi connectivity index (χ0n) is 11.8. The number of rotatable bonds is 6. The third kappa shape index (κ3) is 3.20. The molecule has 2 unspecified atom stereocenters. The van der Waals surface area contributed by atoms with Crippen molar-refractivity contribution in [2.75, 3.05) is 0 Å². The third-order valence-electron chi connectivity index (χ3n) is 3.50. The number of nitrogens with zero attached hydrogens (tertiary/aromatic N) is 3. The first-order valence-electron chi connectivity index (χ1n) is 6.75. The highest BCUT2D eigenvalue weighted by atomic mass is 19.1. The molecule has 0 aliphatic heterocycles. The van der Waals surface area contributed by atoms with Crippen LogP contribution in [0.25, 0.3) is 0 Å². The first kappa shape index (κ1) is 14.6. The maximum Gasteiger partial charge on any atom is 0.146 e. The second kappa shape index (κ2) is 6.58. The molecule has 0 aliphatic rings. The Balaban J connectivity index is 2.15. The molecule has 0 amide bonds. The monoisotopic (exact) mass is 277 g/mol. The summed E-state index contributed by atoms with van der Waals surface area (Å²) in [6, 6.07) is 3.60. The Morgan fingerprint density at radius 2 is 2.25 bits per heavy atom. The highest BCUT2D eigenvalue weighted by Crippen LogP contribution is 2.20. The van der Waals surface area contributed by atoms with Gasteiger partial charge in [-0.1, -0.05) is 6.92 Å². The second-order valence-corrected chi connectivity index (χ2v) is 4.86. The fourth-order valence-corrected chi connectivity index (χ4v) is 2.06. The van der Waals surface area contributed by atoms with Gasteiger partial charge in [-0.3, -0.25) is 20.9 Å². The van der Waals surface area contributed by atoms with E-state index in [-0.39, 0.29) is 11.9 Å². The van der Waals surface area contributed by atoms with Crippen LogP contribution in [0, 0.1) is 5.82 Å². The Morgan fingerprint density at radius 3 is 2.90 bits per heavy atom.